The van der Waals surface area contributed by atoms with E-state index in [2.05, 4.69) is 4.90 Å². The lowest BCUT2D eigenvalue weighted by atomic mass is 10.2. The SMILES string of the molecule is CC(N)C(=O)CN1CC2CC2C1. The van der Waals surface area contributed by atoms with E-state index in [9.17, 15) is 4.79 Å². The molecule has 2 rings (SSSR count). The van der Waals surface area contributed by atoms with Crippen molar-refractivity contribution in [3.8, 4) is 0 Å². The second-order valence-electron chi connectivity index (χ2n) is 4.20. The van der Waals surface area contributed by atoms with Crippen LogP contribution in [0.15, 0.2) is 0 Å². The minimum Gasteiger partial charge on any atom is -0.322 e. The third kappa shape index (κ3) is 1.52. The Morgan fingerprint density at radius 2 is 2.17 bits per heavy atom. The fourth-order valence-electron chi connectivity index (χ4n) is 1.99. The minimum absolute atomic E-state index is 0.177. The number of nitrogens with two attached hydrogens (primary N) is 1. The molecule has 3 atom stereocenters. The summed E-state index contributed by atoms with van der Waals surface area (Å²) in [5, 5.41) is 0. The van der Waals surface area contributed by atoms with E-state index in [1.165, 1.54) is 6.42 Å². The molecule has 0 aromatic rings. The van der Waals surface area contributed by atoms with E-state index in [-0.39, 0.29) is 11.8 Å². The molecule has 0 amide bonds. The van der Waals surface area contributed by atoms with Crippen molar-refractivity contribution in [2.24, 2.45) is 17.6 Å². The molecule has 68 valence electrons. The maximum absolute atomic E-state index is 11.3. The monoisotopic (exact) mass is 168 g/mol. The quantitative estimate of drug-likeness (QED) is 0.637. The molecule has 0 aromatic carbocycles. The van der Waals surface area contributed by atoms with Crippen LogP contribution in [0.4, 0.5) is 0 Å². The standard InChI is InChI=1S/C9H16N2O/c1-6(10)9(12)5-11-3-7-2-8(7)4-11/h6-8H,2-5,10H2,1H3. The van der Waals surface area contributed by atoms with Crippen LogP contribution >= 0.6 is 0 Å². The number of nitrogens with zero attached hydrogens (tertiary/aromatic N) is 1. The average Bonchev–Trinajstić information content (AvgIpc) is 2.59. The Morgan fingerprint density at radius 1 is 1.58 bits per heavy atom. The van der Waals surface area contributed by atoms with Crippen LogP contribution in [0, 0.1) is 11.8 Å². The van der Waals surface area contributed by atoms with E-state index in [0.29, 0.717) is 6.54 Å². The predicted molar refractivity (Wildman–Crippen MR) is 46.7 cm³/mol. The van der Waals surface area contributed by atoms with Gasteiger partial charge in [0.05, 0.1) is 12.6 Å². The van der Waals surface area contributed by atoms with Crippen LogP contribution in [0.1, 0.15) is 13.3 Å². The third-order valence-electron chi connectivity index (χ3n) is 2.94. The van der Waals surface area contributed by atoms with E-state index >= 15 is 0 Å². The van der Waals surface area contributed by atoms with Gasteiger partial charge in [-0.3, -0.25) is 9.69 Å². The zero-order valence-electron chi connectivity index (χ0n) is 7.49. The Bertz CT molecular complexity index is 193. The van der Waals surface area contributed by atoms with Crippen LogP contribution in [0.25, 0.3) is 0 Å². The topological polar surface area (TPSA) is 46.3 Å². The van der Waals surface area contributed by atoms with Gasteiger partial charge in [0.2, 0.25) is 0 Å². The van der Waals surface area contributed by atoms with Crippen molar-refractivity contribution in [1.29, 1.82) is 0 Å². The molecule has 0 aromatic heterocycles. The van der Waals surface area contributed by atoms with Crippen molar-refractivity contribution in [3.63, 3.8) is 0 Å². The maximum Gasteiger partial charge on any atom is 0.163 e. The molecule has 3 nitrogen and oxygen atoms in total. The van der Waals surface area contributed by atoms with Gasteiger partial charge in [-0.25, -0.2) is 0 Å². The molecule has 2 N–H and O–H groups in total. The van der Waals surface area contributed by atoms with Crippen LogP contribution in [-0.2, 0) is 4.79 Å². The number of hydrogen-bond acceptors (Lipinski definition) is 3. The van der Waals surface area contributed by atoms with Gasteiger partial charge in [-0.1, -0.05) is 0 Å². The number of carbonyl (C=O) groups is 1. The van der Waals surface area contributed by atoms with Crippen molar-refractivity contribution in [1.82, 2.24) is 4.90 Å². The molecular weight excluding hydrogens is 152 g/mol. The second-order valence-corrected chi connectivity index (χ2v) is 4.20. The van der Waals surface area contributed by atoms with Crippen LogP contribution < -0.4 is 5.73 Å². The molecule has 0 bridgehead atoms. The van der Waals surface area contributed by atoms with Crippen LogP contribution in [0.2, 0.25) is 0 Å². The Labute approximate surface area is 72.9 Å². The summed E-state index contributed by atoms with van der Waals surface area (Å²) in [5.74, 6) is 1.99. The highest BCUT2D eigenvalue weighted by Gasteiger charge is 2.45. The first-order valence-electron chi connectivity index (χ1n) is 4.67. The Morgan fingerprint density at radius 3 is 2.67 bits per heavy atom. The summed E-state index contributed by atoms with van der Waals surface area (Å²) >= 11 is 0. The number of hydrogen-bond donors (Lipinski definition) is 1. The van der Waals surface area contributed by atoms with E-state index in [1.807, 2.05) is 0 Å². The molecular formula is C9H16N2O. The Hall–Kier alpha value is -0.410. The van der Waals surface area contributed by atoms with Crippen molar-refractivity contribution in [3.05, 3.63) is 0 Å². The number of likely N-dealkylation sites (tertiary alicyclic amines) is 1. The fourth-order valence-corrected chi connectivity index (χ4v) is 1.99. The van der Waals surface area contributed by atoms with Gasteiger partial charge < -0.3 is 5.73 Å². The zero-order valence-corrected chi connectivity index (χ0v) is 7.49. The van der Waals surface area contributed by atoms with Gasteiger partial charge in [0.15, 0.2) is 5.78 Å². The highest BCUT2D eigenvalue weighted by Crippen LogP contribution is 2.44. The van der Waals surface area contributed by atoms with Crippen molar-refractivity contribution in [2.45, 2.75) is 19.4 Å². The molecule has 2 aliphatic rings. The lowest BCUT2D eigenvalue weighted by molar-refractivity contribution is -0.120. The molecule has 12 heavy (non-hydrogen) atoms. The smallest absolute Gasteiger partial charge is 0.163 e. The lowest BCUT2D eigenvalue weighted by Crippen LogP contribution is -2.37. The lowest BCUT2D eigenvalue weighted by Gasteiger charge is -2.17. The summed E-state index contributed by atoms with van der Waals surface area (Å²) in [7, 11) is 0. The summed E-state index contributed by atoms with van der Waals surface area (Å²) in [6.07, 6.45) is 1.39. The van der Waals surface area contributed by atoms with Crippen molar-refractivity contribution >= 4 is 5.78 Å². The van der Waals surface area contributed by atoms with Gasteiger partial charge in [-0.05, 0) is 25.2 Å². The number of ketones is 1. The third-order valence-corrected chi connectivity index (χ3v) is 2.94. The van der Waals surface area contributed by atoms with Crippen molar-refractivity contribution < 1.29 is 4.79 Å². The van der Waals surface area contributed by atoms with Gasteiger partial charge in [-0.2, -0.15) is 0 Å². The number of piperidine rings is 1. The fraction of sp³-hybridized carbons (Fsp3) is 0.889. The van der Waals surface area contributed by atoms with E-state index in [1.54, 1.807) is 6.92 Å². The number of fused-ring (bicyclic) bond motifs is 1. The number of rotatable bonds is 3. The number of Topliss-reactive ketones (excluding diaryl/α,β-unsaturated/α-hetero) is 1. The molecule has 0 spiro atoms. The summed E-state index contributed by atoms with van der Waals surface area (Å²) < 4.78 is 0. The van der Waals surface area contributed by atoms with E-state index in [0.717, 1.165) is 24.9 Å². The molecule has 1 aliphatic heterocycles. The second kappa shape index (κ2) is 2.82. The summed E-state index contributed by atoms with van der Waals surface area (Å²) in [5.41, 5.74) is 5.48. The van der Waals surface area contributed by atoms with E-state index < -0.39 is 0 Å². The van der Waals surface area contributed by atoms with Crippen molar-refractivity contribution in [2.75, 3.05) is 19.6 Å². The molecule has 1 saturated heterocycles. The Balaban J connectivity index is 1.77. The molecule has 3 heteroatoms. The molecule has 3 unspecified atom stereocenters. The largest absolute Gasteiger partial charge is 0.322 e. The first kappa shape index (κ1) is 8.20. The van der Waals surface area contributed by atoms with Gasteiger partial charge in [0.25, 0.3) is 0 Å². The molecule has 0 radical (unpaired) electrons. The normalized spacial score (nSPS) is 36.2. The van der Waals surface area contributed by atoms with Gasteiger partial charge in [0, 0.05) is 13.1 Å². The van der Waals surface area contributed by atoms with Gasteiger partial charge in [-0.15, -0.1) is 0 Å². The molecule has 1 heterocycles. The zero-order chi connectivity index (χ0) is 8.72. The highest BCUT2D eigenvalue weighted by atomic mass is 16.1. The first-order chi connectivity index (χ1) is 5.66. The number of carbonyl (C=O) groups excluding carboxylic acids is 1. The summed E-state index contributed by atoms with van der Waals surface area (Å²) in [6.45, 7) is 4.59. The van der Waals surface area contributed by atoms with Crippen LogP contribution in [-0.4, -0.2) is 36.4 Å². The summed E-state index contributed by atoms with van der Waals surface area (Å²) in [6, 6.07) is -0.290. The maximum atomic E-state index is 11.3. The molecule has 1 saturated carbocycles. The van der Waals surface area contributed by atoms with E-state index in [4.69, 9.17) is 5.73 Å². The minimum atomic E-state index is -0.290. The van der Waals surface area contributed by atoms with Crippen LogP contribution in [0.5, 0.6) is 0 Å². The Kier molecular flexibility index (Phi) is 1.93. The van der Waals surface area contributed by atoms with Gasteiger partial charge >= 0.3 is 0 Å². The molecule has 2 fully saturated rings. The predicted octanol–water partition coefficient (Wildman–Crippen LogP) is -0.146. The molecule has 1 aliphatic carbocycles. The summed E-state index contributed by atoms with van der Waals surface area (Å²) in [4.78, 5) is 13.5. The highest BCUT2D eigenvalue weighted by molar-refractivity contribution is 5.85. The first-order valence-corrected chi connectivity index (χ1v) is 4.67. The van der Waals surface area contributed by atoms with Gasteiger partial charge in [0.1, 0.15) is 0 Å². The van der Waals surface area contributed by atoms with Crippen LogP contribution in [0.3, 0.4) is 0 Å². The average molecular weight is 168 g/mol.